The van der Waals surface area contributed by atoms with Crippen molar-refractivity contribution in [2.45, 2.75) is 19.3 Å². The summed E-state index contributed by atoms with van der Waals surface area (Å²) in [4.78, 5) is 0. The molecular formula is C14H15N. The smallest absolute Gasteiger partial charge is 0.160 e. The topological polar surface area (TPSA) is 12.0 Å². The lowest BCUT2D eigenvalue weighted by Crippen LogP contribution is -2.19. The van der Waals surface area contributed by atoms with Gasteiger partial charge in [-0.15, -0.1) is 0 Å². The van der Waals surface area contributed by atoms with Crippen LogP contribution in [0.15, 0.2) is 36.4 Å². The highest BCUT2D eigenvalue weighted by atomic mass is 14.9. The fourth-order valence-electron chi connectivity index (χ4n) is 2.34. The van der Waals surface area contributed by atoms with Gasteiger partial charge in [-0.05, 0) is 22.4 Å². The van der Waals surface area contributed by atoms with Gasteiger partial charge < -0.3 is 5.31 Å². The first-order valence-corrected chi connectivity index (χ1v) is 5.26. The van der Waals surface area contributed by atoms with Gasteiger partial charge >= 0.3 is 0 Å². The maximum absolute atomic E-state index is 8.14. The summed E-state index contributed by atoms with van der Waals surface area (Å²) in [6.45, 7) is 3.55. The highest BCUT2D eigenvalue weighted by molar-refractivity contribution is 5.92. The normalized spacial score (nSPS) is 24.9. The average Bonchev–Trinajstić information content (AvgIpc) is 2.51. The van der Waals surface area contributed by atoms with Gasteiger partial charge in [-0.3, -0.25) is 0 Å². The monoisotopic (exact) mass is 199 g/mol. The highest BCUT2D eigenvalue weighted by Gasteiger charge is 2.30. The molecule has 1 atom stereocenters. The van der Waals surface area contributed by atoms with E-state index in [9.17, 15) is 0 Å². The number of fused-ring (bicyclic) bond motifs is 3. The van der Waals surface area contributed by atoms with Crippen LogP contribution in [0, 0.1) is 0 Å². The van der Waals surface area contributed by atoms with Gasteiger partial charge in [-0.2, -0.15) is 0 Å². The quantitative estimate of drug-likeness (QED) is 0.684. The van der Waals surface area contributed by atoms with E-state index in [1.54, 1.807) is 0 Å². The van der Waals surface area contributed by atoms with Crippen LogP contribution in [-0.2, 0) is 5.41 Å². The Hall–Kier alpha value is -1.50. The van der Waals surface area contributed by atoms with Gasteiger partial charge in [0.05, 0.1) is 0 Å². The molecule has 1 heterocycles. The Balaban J connectivity index is 2.42. The largest absolute Gasteiger partial charge is 0.384 e. The molecule has 1 heteroatoms. The Bertz CT molecular complexity index is 592. The molecule has 2 aromatic rings. The number of benzene rings is 2. The molecule has 76 valence electrons. The van der Waals surface area contributed by atoms with Crippen molar-refractivity contribution >= 4 is 16.5 Å². The van der Waals surface area contributed by atoms with Crippen molar-refractivity contribution in [2.75, 3.05) is 11.8 Å². The van der Waals surface area contributed by atoms with Crippen LogP contribution in [0.2, 0.25) is 1.41 Å². The molecule has 0 fully saturated rings. The lowest BCUT2D eigenvalue weighted by atomic mass is 9.84. The van der Waals surface area contributed by atoms with E-state index in [0.29, 0.717) is 0 Å². The SMILES string of the molecule is [2H]C1N([2H])c2ccc3ccccc3c2C1(C)C. The van der Waals surface area contributed by atoms with Gasteiger partial charge in [0.2, 0.25) is 0 Å². The van der Waals surface area contributed by atoms with Crippen molar-refractivity contribution in [3.8, 4) is 0 Å². The maximum Gasteiger partial charge on any atom is 0.160 e. The van der Waals surface area contributed by atoms with Crippen molar-refractivity contribution in [1.29, 1.82) is 0 Å². The van der Waals surface area contributed by atoms with E-state index in [2.05, 4.69) is 12.1 Å². The maximum atomic E-state index is 8.14. The minimum atomic E-state index is -0.539. The average molecular weight is 199 g/mol. The molecular weight excluding hydrogens is 182 g/mol. The Morgan fingerprint density at radius 2 is 2.07 bits per heavy atom. The van der Waals surface area contributed by atoms with E-state index in [4.69, 9.17) is 2.78 Å². The van der Waals surface area contributed by atoms with Crippen LogP contribution < -0.4 is 5.31 Å². The fourth-order valence-corrected chi connectivity index (χ4v) is 2.34. The molecule has 0 aromatic heterocycles. The highest BCUT2D eigenvalue weighted by Crippen LogP contribution is 2.40. The lowest BCUT2D eigenvalue weighted by Gasteiger charge is -2.19. The number of hydrogen-bond donors (Lipinski definition) is 1. The van der Waals surface area contributed by atoms with Crippen molar-refractivity contribution in [3.63, 3.8) is 0 Å². The van der Waals surface area contributed by atoms with Gasteiger partial charge in [0.15, 0.2) is 1.41 Å². The Morgan fingerprint density at radius 3 is 2.93 bits per heavy atom. The minimum absolute atomic E-state index is 0.308. The predicted octanol–water partition coefficient (Wildman–Crippen LogP) is 3.54. The van der Waals surface area contributed by atoms with Gasteiger partial charge in [0.1, 0.15) is 0 Å². The second-order valence-corrected chi connectivity index (χ2v) is 4.66. The molecule has 0 bridgehead atoms. The summed E-state index contributed by atoms with van der Waals surface area (Å²) in [5.41, 5.74) is 1.69. The Kier molecular flexibility index (Phi) is 1.26. The van der Waals surface area contributed by atoms with Crippen LogP contribution in [-0.4, -0.2) is 6.52 Å². The Morgan fingerprint density at radius 1 is 1.27 bits per heavy atom. The molecule has 0 amide bonds. The molecule has 15 heavy (non-hydrogen) atoms. The van der Waals surface area contributed by atoms with E-state index >= 15 is 0 Å². The molecule has 0 saturated heterocycles. The lowest BCUT2D eigenvalue weighted by molar-refractivity contribution is 0.591. The summed E-state index contributed by atoms with van der Waals surface area (Å²) < 4.78 is 16.1. The van der Waals surface area contributed by atoms with E-state index < -0.39 is 6.52 Å². The van der Waals surface area contributed by atoms with Crippen molar-refractivity contribution in [2.24, 2.45) is 0 Å². The fraction of sp³-hybridized carbons (Fsp3) is 0.286. The first-order valence-electron chi connectivity index (χ1n) is 6.28. The number of nitrogens with one attached hydrogen (secondary N) is 1. The van der Waals surface area contributed by atoms with Crippen molar-refractivity contribution < 1.29 is 2.78 Å². The van der Waals surface area contributed by atoms with Crippen LogP contribution in [0.4, 0.5) is 5.69 Å². The van der Waals surface area contributed by atoms with E-state index in [1.807, 2.05) is 38.1 Å². The van der Waals surface area contributed by atoms with Crippen LogP contribution in [0.3, 0.4) is 0 Å². The van der Waals surface area contributed by atoms with Gasteiger partial charge in [-0.25, -0.2) is 0 Å². The molecule has 0 spiro atoms. The second kappa shape index (κ2) is 2.75. The van der Waals surface area contributed by atoms with Crippen molar-refractivity contribution in [1.82, 2.24) is 0 Å². The van der Waals surface area contributed by atoms with Crippen LogP contribution in [0.5, 0.6) is 0 Å². The van der Waals surface area contributed by atoms with E-state index in [-0.39, 0.29) is 5.41 Å². The zero-order valence-electron chi connectivity index (χ0n) is 11.0. The third-order valence-corrected chi connectivity index (χ3v) is 3.08. The molecule has 0 radical (unpaired) electrons. The first-order chi connectivity index (χ1) is 8.03. The Labute approximate surface area is 93.0 Å². The predicted molar refractivity (Wildman–Crippen MR) is 65.5 cm³/mol. The molecule has 2 aromatic carbocycles. The number of hydrogen-bond acceptors (Lipinski definition) is 1. The molecule has 1 aliphatic rings. The molecule has 1 N–H and O–H groups in total. The zero-order valence-corrected chi connectivity index (χ0v) is 8.99. The summed E-state index contributed by atoms with van der Waals surface area (Å²) in [7, 11) is 0. The minimum Gasteiger partial charge on any atom is -0.384 e. The molecule has 0 saturated carbocycles. The van der Waals surface area contributed by atoms with Crippen LogP contribution in [0.25, 0.3) is 10.8 Å². The molecule has 0 aliphatic carbocycles. The summed E-state index contributed by atoms with van der Waals surface area (Å²) in [6.07, 6.45) is 0. The summed E-state index contributed by atoms with van der Waals surface area (Å²) in [5.74, 6) is 0. The van der Waals surface area contributed by atoms with E-state index in [1.165, 1.54) is 16.1 Å². The third-order valence-electron chi connectivity index (χ3n) is 3.08. The van der Waals surface area contributed by atoms with Gasteiger partial charge in [0, 0.05) is 19.0 Å². The zero-order chi connectivity index (χ0) is 12.2. The van der Waals surface area contributed by atoms with Crippen LogP contribution in [0.1, 0.15) is 20.8 Å². The number of rotatable bonds is 0. The van der Waals surface area contributed by atoms with Crippen LogP contribution >= 0.6 is 0 Å². The number of anilines is 1. The third kappa shape index (κ3) is 1.16. The summed E-state index contributed by atoms with van der Waals surface area (Å²) in [6, 6.07) is 12.2. The standard InChI is InChI=1S/C14H15N/c1-14(2)9-15-12-8-7-10-5-3-4-6-11(10)13(12)14/h3-8,15H,9H2,1-2H3/i9D/hD. The van der Waals surface area contributed by atoms with Gasteiger partial charge in [0.25, 0.3) is 0 Å². The van der Waals surface area contributed by atoms with Crippen molar-refractivity contribution in [3.05, 3.63) is 42.0 Å². The molecule has 3 rings (SSSR count). The first kappa shape index (κ1) is 6.89. The summed E-state index contributed by atoms with van der Waals surface area (Å²) >= 11 is 0. The second-order valence-electron chi connectivity index (χ2n) is 4.66. The summed E-state index contributed by atoms with van der Waals surface area (Å²) in [5, 5.41) is 3.67. The molecule has 1 unspecified atom stereocenters. The molecule has 1 nitrogen and oxygen atoms in total. The molecule has 1 aliphatic heterocycles. The van der Waals surface area contributed by atoms with Gasteiger partial charge in [-0.1, -0.05) is 44.2 Å². The van der Waals surface area contributed by atoms with E-state index in [0.717, 1.165) is 11.3 Å².